The summed E-state index contributed by atoms with van der Waals surface area (Å²) >= 11 is 0. The van der Waals surface area contributed by atoms with Gasteiger partial charge in [0.25, 0.3) is 0 Å². The number of nitrogens with zero attached hydrogens (tertiary/aromatic N) is 1. The summed E-state index contributed by atoms with van der Waals surface area (Å²) < 4.78 is 0. The molecule has 0 spiro atoms. The lowest BCUT2D eigenvalue weighted by Crippen LogP contribution is -2.40. The van der Waals surface area contributed by atoms with Crippen molar-refractivity contribution < 1.29 is 0 Å². The molecule has 0 aromatic heterocycles. The Balaban J connectivity index is 2.67. The van der Waals surface area contributed by atoms with E-state index >= 15 is 0 Å². The van der Waals surface area contributed by atoms with Gasteiger partial charge in [-0.3, -0.25) is 4.90 Å². The van der Waals surface area contributed by atoms with Crippen LogP contribution in [-0.4, -0.2) is 30.6 Å². The fourth-order valence-electron chi connectivity index (χ4n) is 2.65. The highest BCUT2D eigenvalue weighted by molar-refractivity contribution is 5.19. The molecule has 1 aromatic rings. The standard InChI is InChI=1S/C19H34N2/c1-5-7-11-15-21(17(3)4)16-19(20-14-6-2)18-12-9-8-10-13-18/h8-10,12-13,17,19-20H,5-7,11,14-16H2,1-4H3. The van der Waals surface area contributed by atoms with E-state index in [0.717, 1.165) is 13.1 Å². The molecule has 1 rings (SSSR count). The molecule has 0 heterocycles. The molecule has 0 aliphatic heterocycles. The second-order valence-electron chi connectivity index (χ2n) is 6.21. The van der Waals surface area contributed by atoms with Gasteiger partial charge in [0.05, 0.1) is 0 Å². The third-order valence-electron chi connectivity index (χ3n) is 4.04. The first kappa shape index (κ1) is 18.2. The summed E-state index contributed by atoms with van der Waals surface area (Å²) in [5.74, 6) is 0. The first-order chi connectivity index (χ1) is 10.2. The molecule has 0 fully saturated rings. The zero-order valence-electron chi connectivity index (χ0n) is 14.4. The van der Waals surface area contributed by atoms with Gasteiger partial charge in [0.2, 0.25) is 0 Å². The van der Waals surface area contributed by atoms with Crippen LogP contribution in [0.15, 0.2) is 30.3 Å². The van der Waals surface area contributed by atoms with Crippen molar-refractivity contribution in [3.05, 3.63) is 35.9 Å². The summed E-state index contributed by atoms with van der Waals surface area (Å²) in [5, 5.41) is 3.72. The van der Waals surface area contributed by atoms with E-state index in [0.29, 0.717) is 12.1 Å². The lowest BCUT2D eigenvalue weighted by atomic mass is 10.0. The van der Waals surface area contributed by atoms with Crippen molar-refractivity contribution in [2.75, 3.05) is 19.6 Å². The van der Waals surface area contributed by atoms with E-state index in [1.54, 1.807) is 0 Å². The first-order valence-corrected chi connectivity index (χ1v) is 8.71. The van der Waals surface area contributed by atoms with E-state index in [2.05, 4.69) is 68.2 Å². The van der Waals surface area contributed by atoms with Gasteiger partial charge in [-0.15, -0.1) is 0 Å². The van der Waals surface area contributed by atoms with E-state index in [1.807, 2.05) is 0 Å². The first-order valence-electron chi connectivity index (χ1n) is 8.71. The molecule has 0 saturated carbocycles. The van der Waals surface area contributed by atoms with E-state index in [4.69, 9.17) is 0 Å². The van der Waals surface area contributed by atoms with Crippen LogP contribution in [0.5, 0.6) is 0 Å². The molecule has 0 aliphatic carbocycles. The average Bonchev–Trinajstić information content (AvgIpc) is 2.50. The second-order valence-corrected chi connectivity index (χ2v) is 6.21. The van der Waals surface area contributed by atoms with E-state index in [-0.39, 0.29) is 0 Å². The quantitative estimate of drug-likeness (QED) is 0.598. The topological polar surface area (TPSA) is 15.3 Å². The Morgan fingerprint density at radius 2 is 1.71 bits per heavy atom. The van der Waals surface area contributed by atoms with Gasteiger partial charge in [0.15, 0.2) is 0 Å². The third-order valence-corrected chi connectivity index (χ3v) is 4.04. The van der Waals surface area contributed by atoms with Crippen molar-refractivity contribution in [3.63, 3.8) is 0 Å². The van der Waals surface area contributed by atoms with Crippen LogP contribution >= 0.6 is 0 Å². The maximum Gasteiger partial charge on any atom is 0.0449 e. The SMILES string of the molecule is CCCCCN(CC(NCCC)c1ccccc1)C(C)C. The Morgan fingerprint density at radius 1 is 1.00 bits per heavy atom. The van der Waals surface area contributed by atoms with Crippen LogP contribution in [0.4, 0.5) is 0 Å². The maximum absolute atomic E-state index is 3.72. The molecule has 1 aromatic carbocycles. The number of rotatable bonds is 11. The number of nitrogens with one attached hydrogen (secondary N) is 1. The van der Waals surface area contributed by atoms with Gasteiger partial charge < -0.3 is 5.32 Å². The molecule has 0 amide bonds. The lowest BCUT2D eigenvalue weighted by Gasteiger charge is -2.31. The Morgan fingerprint density at radius 3 is 2.29 bits per heavy atom. The normalized spacial score (nSPS) is 13.0. The Labute approximate surface area is 131 Å². The molecule has 120 valence electrons. The van der Waals surface area contributed by atoms with Crippen LogP contribution in [0.25, 0.3) is 0 Å². The molecule has 0 saturated heterocycles. The van der Waals surface area contributed by atoms with Crippen LogP contribution in [0.1, 0.15) is 65.0 Å². The molecule has 1 N–H and O–H groups in total. The van der Waals surface area contributed by atoms with Crippen LogP contribution in [0, 0.1) is 0 Å². The third kappa shape index (κ3) is 7.10. The molecule has 1 unspecified atom stereocenters. The van der Waals surface area contributed by atoms with Gasteiger partial charge in [-0.05, 0) is 45.3 Å². The van der Waals surface area contributed by atoms with Crippen LogP contribution in [0.2, 0.25) is 0 Å². The highest BCUT2D eigenvalue weighted by Gasteiger charge is 2.17. The second kappa shape index (κ2) is 10.8. The molecule has 0 radical (unpaired) electrons. The Hall–Kier alpha value is -0.860. The van der Waals surface area contributed by atoms with Gasteiger partial charge in [-0.1, -0.05) is 57.0 Å². The van der Waals surface area contributed by atoms with Crippen molar-refractivity contribution in [3.8, 4) is 0 Å². The molecular formula is C19H34N2. The smallest absolute Gasteiger partial charge is 0.0449 e. The maximum atomic E-state index is 3.72. The molecule has 2 nitrogen and oxygen atoms in total. The molecule has 2 heteroatoms. The number of hydrogen-bond acceptors (Lipinski definition) is 2. The summed E-state index contributed by atoms with van der Waals surface area (Å²) in [6.45, 7) is 12.5. The highest BCUT2D eigenvalue weighted by Crippen LogP contribution is 2.16. The monoisotopic (exact) mass is 290 g/mol. The van der Waals surface area contributed by atoms with Crippen molar-refractivity contribution in [1.82, 2.24) is 10.2 Å². The molecule has 21 heavy (non-hydrogen) atoms. The van der Waals surface area contributed by atoms with E-state index < -0.39 is 0 Å². The number of benzene rings is 1. The molecule has 0 bridgehead atoms. The largest absolute Gasteiger partial charge is 0.309 e. The minimum atomic E-state index is 0.440. The summed E-state index contributed by atoms with van der Waals surface area (Å²) in [4.78, 5) is 2.62. The molecular weight excluding hydrogens is 256 g/mol. The average molecular weight is 290 g/mol. The van der Waals surface area contributed by atoms with Gasteiger partial charge in [-0.2, -0.15) is 0 Å². The zero-order valence-corrected chi connectivity index (χ0v) is 14.4. The highest BCUT2D eigenvalue weighted by atomic mass is 15.2. The van der Waals surface area contributed by atoms with Crippen molar-refractivity contribution in [2.45, 2.75) is 65.5 Å². The summed E-state index contributed by atoms with van der Waals surface area (Å²) in [7, 11) is 0. The minimum absolute atomic E-state index is 0.440. The Kier molecular flexibility index (Phi) is 9.36. The van der Waals surface area contributed by atoms with Gasteiger partial charge in [0.1, 0.15) is 0 Å². The van der Waals surface area contributed by atoms with Crippen LogP contribution in [-0.2, 0) is 0 Å². The predicted octanol–water partition coefficient (Wildman–Crippen LogP) is 4.63. The fourth-order valence-corrected chi connectivity index (χ4v) is 2.65. The van der Waals surface area contributed by atoms with Gasteiger partial charge >= 0.3 is 0 Å². The van der Waals surface area contributed by atoms with Crippen molar-refractivity contribution >= 4 is 0 Å². The van der Waals surface area contributed by atoms with Crippen LogP contribution < -0.4 is 5.32 Å². The summed E-state index contributed by atoms with van der Waals surface area (Å²) in [6.07, 6.45) is 5.12. The van der Waals surface area contributed by atoms with E-state index in [9.17, 15) is 0 Å². The minimum Gasteiger partial charge on any atom is -0.309 e. The molecule has 0 aliphatic rings. The number of hydrogen-bond donors (Lipinski definition) is 1. The zero-order chi connectivity index (χ0) is 15.5. The summed E-state index contributed by atoms with van der Waals surface area (Å²) in [5.41, 5.74) is 1.41. The lowest BCUT2D eigenvalue weighted by molar-refractivity contribution is 0.193. The Bertz CT molecular complexity index is 348. The summed E-state index contributed by atoms with van der Waals surface area (Å²) in [6, 6.07) is 11.9. The van der Waals surface area contributed by atoms with Crippen LogP contribution in [0.3, 0.4) is 0 Å². The fraction of sp³-hybridized carbons (Fsp3) is 0.684. The van der Waals surface area contributed by atoms with Gasteiger partial charge in [0, 0.05) is 18.6 Å². The van der Waals surface area contributed by atoms with E-state index in [1.165, 1.54) is 37.8 Å². The predicted molar refractivity (Wildman–Crippen MR) is 93.7 cm³/mol. The van der Waals surface area contributed by atoms with Crippen molar-refractivity contribution in [1.29, 1.82) is 0 Å². The number of unbranched alkanes of at least 4 members (excludes halogenated alkanes) is 2. The molecule has 1 atom stereocenters. The van der Waals surface area contributed by atoms with Gasteiger partial charge in [-0.25, -0.2) is 0 Å². The van der Waals surface area contributed by atoms with Crippen molar-refractivity contribution in [2.24, 2.45) is 0 Å².